The number of nitrogens with zero attached hydrogens (tertiary/aromatic N) is 1. The third-order valence-electron chi connectivity index (χ3n) is 4.97. The number of likely N-dealkylation sites (tertiary alicyclic amines) is 1. The van der Waals surface area contributed by atoms with Gasteiger partial charge in [0, 0.05) is 30.6 Å². The van der Waals surface area contributed by atoms with E-state index < -0.39 is 0 Å². The van der Waals surface area contributed by atoms with Crippen LogP contribution in [0.2, 0.25) is 0 Å². The standard InChI is InChI=1S/C18H23N3O2/c1-11-12(2)20-17-14(11)4-3-5-15(17)18(23)21-8-6-13(7-9-21)10-16(19)22/h3-5,13,20H,6-10H2,1-2H3,(H2,19,22). The molecule has 1 aliphatic heterocycles. The monoisotopic (exact) mass is 313 g/mol. The number of primary amides is 1. The van der Waals surface area contributed by atoms with Crippen molar-refractivity contribution in [2.45, 2.75) is 33.1 Å². The summed E-state index contributed by atoms with van der Waals surface area (Å²) in [6.45, 7) is 5.47. The van der Waals surface area contributed by atoms with Gasteiger partial charge in [0.1, 0.15) is 0 Å². The van der Waals surface area contributed by atoms with Crippen molar-refractivity contribution in [3.63, 3.8) is 0 Å². The Morgan fingerprint density at radius 3 is 2.61 bits per heavy atom. The average Bonchev–Trinajstić information content (AvgIpc) is 2.82. The van der Waals surface area contributed by atoms with E-state index >= 15 is 0 Å². The van der Waals surface area contributed by atoms with E-state index in [0.29, 0.717) is 25.4 Å². The predicted molar refractivity (Wildman–Crippen MR) is 90.2 cm³/mol. The fourth-order valence-corrected chi connectivity index (χ4v) is 3.46. The maximum atomic E-state index is 12.9. The van der Waals surface area contributed by atoms with Gasteiger partial charge in [-0.2, -0.15) is 0 Å². The molecule has 5 nitrogen and oxygen atoms in total. The van der Waals surface area contributed by atoms with E-state index in [1.54, 1.807) is 0 Å². The molecule has 0 aliphatic carbocycles. The molecule has 0 unspecified atom stereocenters. The SMILES string of the molecule is Cc1[nH]c2c(C(=O)N3CCC(CC(N)=O)CC3)cccc2c1C. The van der Waals surface area contributed by atoms with Crippen LogP contribution in [0.5, 0.6) is 0 Å². The van der Waals surface area contributed by atoms with Crippen LogP contribution in [0.3, 0.4) is 0 Å². The Kier molecular flexibility index (Phi) is 4.11. The number of para-hydroxylation sites is 1. The number of piperidine rings is 1. The number of H-pyrrole nitrogens is 1. The molecule has 1 saturated heterocycles. The number of hydrogen-bond donors (Lipinski definition) is 2. The van der Waals surface area contributed by atoms with Crippen LogP contribution in [0.1, 0.15) is 40.9 Å². The molecule has 3 N–H and O–H groups in total. The zero-order valence-corrected chi connectivity index (χ0v) is 13.7. The van der Waals surface area contributed by atoms with Gasteiger partial charge < -0.3 is 15.6 Å². The Balaban J connectivity index is 1.79. The highest BCUT2D eigenvalue weighted by Gasteiger charge is 2.26. The first kappa shape index (κ1) is 15.6. The second-order valence-electron chi connectivity index (χ2n) is 6.51. The van der Waals surface area contributed by atoms with E-state index in [0.717, 1.165) is 35.0 Å². The summed E-state index contributed by atoms with van der Waals surface area (Å²) in [4.78, 5) is 29.1. The first-order valence-electron chi connectivity index (χ1n) is 8.13. The number of aromatic amines is 1. The number of carbonyl (C=O) groups is 2. The van der Waals surface area contributed by atoms with Gasteiger partial charge in [-0.25, -0.2) is 0 Å². The lowest BCUT2D eigenvalue weighted by Gasteiger charge is -2.31. The largest absolute Gasteiger partial charge is 0.370 e. The topological polar surface area (TPSA) is 79.2 Å². The number of nitrogens with two attached hydrogens (primary N) is 1. The van der Waals surface area contributed by atoms with Crippen molar-refractivity contribution in [2.75, 3.05) is 13.1 Å². The summed E-state index contributed by atoms with van der Waals surface area (Å²) in [7, 11) is 0. The lowest BCUT2D eigenvalue weighted by Crippen LogP contribution is -2.39. The molecule has 2 heterocycles. The van der Waals surface area contributed by atoms with Crippen LogP contribution >= 0.6 is 0 Å². The Bertz CT molecular complexity index is 755. The molecular formula is C18H23N3O2. The number of nitrogens with one attached hydrogen (secondary N) is 1. The van der Waals surface area contributed by atoms with Crippen LogP contribution in [-0.4, -0.2) is 34.8 Å². The number of hydrogen-bond acceptors (Lipinski definition) is 2. The summed E-state index contributed by atoms with van der Waals surface area (Å²) < 4.78 is 0. The van der Waals surface area contributed by atoms with E-state index in [4.69, 9.17) is 5.73 Å². The van der Waals surface area contributed by atoms with Crippen molar-refractivity contribution in [1.29, 1.82) is 0 Å². The highest BCUT2D eigenvalue weighted by molar-refractivity contribution is 6.06. The zero-order chi connectivity index (χ0) is 16.6. The van der Waals surface area contributed by atoms with Gasteiger partial charge in [-0.3, -0.25) is 9.59 Å². The Hall–Kier alpha value is -2.30. The van der Waals surface area contributed by atoms with Gasteiger partial charge >= 0.3 is 0 Å². The van der Waals surface area contributed by atoms with Crippen molar-refractivity contribution in [3.8, 4) is 0 Å². The lowest BCUT2D eigenvalue weighted by molar-refractivity contribution is -0.119. The van der Waals surface area contributed by atoms with E-state index in [9.17, 15) is 9.59 Å². The Labute approximate surface area is 135 Å². The third kappa shape index (κ3) is 2.96. The minimum absolute atomic E-state index is 0.0642. The van der Waals surface area contributed by atoms with Crippen molar-refractivity contribution < 1.29 is 9.59 Å². The smallest absolute Gasteiger partial charge is 0.255 e. The van der Waals surface area contributed by atoms with Gasteiger partial charge in [0.15, 0.2) is 0 Å². The minimum Gasteiger partial charge on any atom is -0.370 e. The Morgan fingerprint density at radius 2 is 1.96 bits per heavy atom. The normalized spacial score (nSPS) is 16.0. The van der Waals surface area contributed by atoms with Crippen LogP contribution < -0.4 is 5.73 Å². The molecule has 0 saturated carbocycles. The quantitative estimate of drug-likeness (QED) is 0.913. The van der Waals surface area contributed by atoms with Crippen molar-refractivity contribution >= 4 is 22.7 Å². The fraction of sp³-hybridized carbons (Fsp3) is 0.444. The second-order valence-corrected chi connectivity index (χ2v) is 6.51. The van der Waals surface area contributed by atoms with Crippen molar-refractivity contribution in [3.05, 3.63) is 35.0 Å². The Morgan fingerprint density at radius 1 is 1.26 bits per heavy atom. The van der Waals surface area contributed by atoms with Gasteiger partial charge in [-0.05, 0) is 44.2 Å². The highest BCUT2D eigenvalue weighted by atomic mass is 16.2. The highest BCUT2D eigenvalue weighted by Crippen LogP contribution is 2.27. The first-order valence-corrected chi connectivity index (χ1v) is 8.13. The van der Waals surface area contributed by atoms with E-state index in [-0.39, 0.29) is 11.8 Å². The number of aryl methyl sites for hydroxylation is 2. The summed E-state index contributed by atoms with van der Waals surface area (Å²) >= 11 is 0. The molecule has 1 aromatic heterocycles. The molecule has 0 radical (unpaired) electrons. The molecule has 1 aliphatic rings. The summed E-state index contributed by atoms with van der Waals surface area (Å²) in [6.07, 6.45) is 2.10. The van der Waals surface area contributed by atoms with Crippen molar-refractivity contribution in [1.82, 2.24) is 9.88 Å². The van der Waals surface area contributed by atoms with Gasteiger partial charge in [0.2, 0.25) is 5.91 Å². The molecular weight excluding hydrogens is 290 g/mol. The molecule has 0 atom stereocenters. The molecule has 1 fully saturated rings. The zero-order valence-electron chi connectivity index (χ0n) is 13.7. The number of aromatic nitrogens is 1. The molecule has 0 spiro atoms. The molecule has 122 valence electrons. The maximum absolute atomic E-state index is 12.9. The lowest BCUT2D eigenvalue weighted by atomic mass is 9.93. The van der Waals surface area contributed by atoms with Crippen LogP contribution in [0.4, 0.5) is 0 Å². The summed E-state index contributed by atoms with van der Waals surface area (Å²) in [6, 6.07) is 5.87. The van der Waals surface area contributed by atoms with Gasteiger partial charge in [0.05, 0.1) is 11.1 Å². The number of benzene rings is 1. The maximum Gasteiger partial charge on any atom is 0.255 e. The van der Waals surface area contributed by atoms with Crippen LogP contribution in [-0.2, 0) is 4.79 Å². The van der Waals surface area contributed by atoms with Crippen molar-refractivity contribution in [2.24, 2.45) is 11.7 Å². The first-order chi connectivity index (χ1) is 11.0. The van der Waals surface area contributed by atoms with Crippen LogP contribution in [0.15, 0.2) is 18.2 Å². The second kappa shape index (κ2) is 6.07. The molecule has 5 heteroatoms. The number of amides is 2. The van der Waals surface area contributed by atoms with Gasteiger partial charge in [-0.15, -0.1) is 0 Å². The predicted octanol–water partition coefficient (Wildman–Crippen LogP) is 2.51. The average molecular weight is 313 g/mol. The minimum atomic E-state index is -0.253. The van der Waals surface area contributed by atoms with E-state index in [1.165, 1.54) is 5.56 Å². The van der Waals surface area contributed by atoms with E-state index in [2.05, 4.69) is 11.9 Å². The molecule has 0 bridgehead atoms. The number of carbonyl (C=O) groups excluding carboxylic acids is 2. The van der Waals surface area contributed by atoms with E-state index in [1.807, 2.05) is 30.0 Å². The van der Waals surface area contributed by atoms with Crippen LogP contribution in [0.25, 0.3) is 10.9 Å². The fourth-order valence-electron chi connectivity index (χ4n) is 3.46. The molecule has 2 aromatic rings. The summed E-state index contributed by atoms with van der Waals surface area (Å²) in [5.74, 6) is 0.119. The van der Waals surface area contributed by atoms with Crippen LogP contribution in [0, 0.1) is 19.8 Å². The van der Waals surface area contributed by atoms with Gasteiger partial charge in [0.25, 0.3) is 5.91 Å². The van der Waals surface area contributed by atoms with Gasteiger partial charge in [-0.1, -0.05) is 12.1 Å². The number of rotatable bonds is 3. The number of fused-ring (bicyclic) bond motifs is 1. The molecule has 23 heavy (non-hydrogen) atoms. The molecule has 2 amide bonds. The summed E-state index contributed by atoms with van der Waals surface area (Å²) in [5, 5.41) is 1.11. The molecule has 1 aromatic carbocycles. The molecule has 3 rings (SSSR count). The summed E-state index contributed by atoms with van der Waals surface area (Å²) in [5.41, 5.74) is 9.20. The third-order valence-corrected chi connectivity index (χ3v) is 4.97.